The molecule has 212 valence electrons. The molecule has 23 heteroatoms. The minimum atomic E-state index is -8.27. The van der Waals surface area contributed by atoms with Crippen molar-refractivity contribution in [3.05, 3.63) is 0 Å². The standard InChI is InChI=1S/C12H9F17O5S/c1-3-5(14,15)6(16,17)4(2,13)33-10(24,25)11(26,27)34-8(20,9(21,22)23)7(18,19)12(28,29)35(30,31)32/h3H2,1-2H3,(H,30,31,32). The zero-order valence-corrected chi connectivity index (χ0v) is 16.9. The van der Waals surface area contributed by atoms with Crippen molar-refractivity contribution in [2.75, 3.05) is 0 Å². The highest BCUT2D eigenvalue weighted by Crippen LogP contribution is 2.58. The van der Waals surface area contributed by atoms with Crippen molar-refractivity contribution in [2.24, 2.45) is 0 Å². The Morgan fingerprint density at radius 1 is 0.657 bits per heavy atom. The van der Waals surface area contributed by atoms with Crippen LogP contribution in [0.1, 0.15) is 20.3 Å². The van der Waals surface area contributed by atoms with Gasteiger partial charge >= 0.3 is 57.4 Å². The molecule has 0 aromatic carbocycles. The van der Waals surface area contributed by atoms with Crippen LogP contribution in [-0.4, -0.2) is 66.1 Å². The Labute approximate surface area is 181 Å². The van der Waals surface area contributed by atoms with Crippen LogP contribution >= 0.6 is 0 Å². The SMILES string of the molecule is CCC(F)(F)C(F)(F)C(C)(F)OC(F)(F)C(F)(F)OC(F)(C(F)(F)F)C(F)(F)C(F)(F)S(=O)(=O)O. The van der Waals surface area contributed by atoms with Gasteiger partial charge in [0.05, 0.1) is 0 Å². The Kier molecular flexibility index (Phi) is 8.27. The summed E-state index contributed by atoms with van der Waals surface area (Å²) in [5.41, 5.74) is 0. The third kappa shape index (κ3) is 5.22. The lowest BCUT2D eigenvalue weighted by molar-refractivity contribution is -0.541. The Bertz CT molecular complexity index is 880. The van der Waals surface area contributed by atoms with E-state index in [9.17, 15) is 83.1 Å². The fourth-order valence-electron chi connectivity index (χ4n) is 1.80. The van der Waals surface area contributed by atoms with Crippen molar-refractivity contribution >= 4 is 10.1 Å². The maximum Gasteiger partial charge on any atom is 0.455 e. The topological polar surface area (TPSA) is 72.8 Å². The maximum atomic E-state index is 13.9. The van der Waals surface area contributed by atoms with Crippen molar-refractivity contribution < 1.29 is 97.1 Å². The van der Waals surface area contributed by atoms with E-state index >= 15 is 0 Å². The number of hydrogen-bond donors (Lipinski definition) is 1. The average molecular weight is 588 g/mol. The van der Waals surface area contributed by atoms with E-state index in [1.807, 2.05) is 4.74 Å². The van der Waals surface area contributed by atoms with Crippen LogP contribution in [-0.2, 0) is 19.6 Å². The van der Waals surface area contributed by atoms with Gasteiger partial charge in [-0.05, 0) is 0 Å². The molecule has 0 radical (unpaired) electrons. The minimum absolute atomic E-state index is 0.151. The zero-order chi connectivity index (χ0) is 29.1. The molecule has 2 atom stereocenters. The van der Waals surface area contributed by atoms with Gasteiger partial charge in [-0.1, -0.05) is 6.92 Å². The van der Waals surface area contributed by atoms with E-state index in [-0.39, 0.29) is 6.92 Å². The van der Waals surface area contributed by atoms with E-state index in [4.69, 9.17) is 4.55 Å². The lowest BCUT2D eigenvalue weighted by Crippen LogP contribution is -2.70. The summed E-state index contributed by atoms with van der Waals surface area (Å²) in [4.78, 5) is 0. The van der Waals surface area contributed by atoms with E-state index in [1.54, 1.807) is 0 Å². The normalized spacial score (nSPS) is 19.3. The van der Waals surface area contributed by atoms with Crippen LogP contribution in [0.5, 0.6) is 0 Å². The molecular weight excluding hydrogens is 579 g/mol. The zero-order valence-electron chi connectivity index (χ0n) is 16.1. The highest BCUT2D eigenvalue weighted by Gasteiger charge is 2.88. The predicted octanol–water partition coefficient (Wildman–Crippen LogP) is 5.92. The van der Waals surface area contributed by atoms with Gasteiger partial charge in [-0.2, -0.15) is 78.7 Å². The summed E-state index contributed by atoms with van der Waals surface area (Å²) in [6, 6.07) is 0. The molecule has 2 unspecified atom stereocenters. The summed E-state index contributed by atoms with van der Waals surface area (Å²) in [5.74, 6) is -34.8. The fourth-order valence-corrected chi connectivity index (χ4v) is 2.25. The molecule has 1 N–H and O–H groups in total. The van der Waals surface area contributed by atoms with E-state index in [2.05, 4.69) is 0 Å². The van der Waals surface area contributed by atoms with Gasteiger partial charge in [0, 0.05) is 13.3 Å². The molecule has 0 bridgehead atoms. The summed E-state index contributed by atoms with van der Waals surface area (Å²) in [7, 11) is -7.87. The Hall–Kier alpha value is -1.36. The second kappa shape index (κ2) is 8.60. The van der Waals surface area contributed by atoms with Gasteiger partial charge < -0.3 is 0 Å². The van der Waals surface area contributed by atoms with Gasteiger partial charge in [0.2, 0.25) is 0 Å². The van der Waals surface area contributed by atoms with Crippen LogP contribution in [0.4, 0.5) is 74.6 Å². The molecule has 0 amide bonds. The first-order valence-corrected chi connectivity index (χ1v) is 9.25. The van der Waals surface area contributed by atoms with Gasteiger partial charge in [0.1, 0.15) is 0 Å². The first-order chi connectivity index (χ1) is 14.7. The summed E-state index contributed by atoms with van der Waals surface area (Å²) in [6.45, 7) is -0.994. The quantitative estimate of drug-likeness (QED) is 0.240. The minimum Gasteiger partial charge on any atom is -0.281 e. The highest BCUT2D eigenvalue weighted by atomic mass is 32.2. The van der Waals surface area contributed by atoms with Crippen molar-refractivity contribution in [1.82, 2.24) is 0 Å². The van der Waals surface area contributed by atoms with Gasteiger partial charge in [0.25, 0.3) is 5.85 Å². The van der Waals surface area contributed by atoms with E-state index in [0.717, 1.165) is 0 Å². The van der Waals surface area contributed by atoms with E-state index in [0.29, 0.717) is 0 Å². The van der Waals surface area contributed by atoms with Crippen molar-refractivity contribution in [3.8, 4) is 0 Å². The number of rotatable bonds is 11. The molecule has 0 spiro atoms. The number of halogens is 17. The smallest absolute Gasteiger partial charge is 0.281 e. The molecule has 0 aromatic rings. The number of hydrogen-bond acceptors (Lipinski definition) is 4. The third-order valence-electron chi connectivity index (χ3n) is 3.85. The molecule has 0 aliphatic carbocycles. The van der Waals surface area contributed by atoms with Crippen LogP contribution in [0, 0.1) is 0 Å². The Balaban J connectivity index is 6.75. The highest BCUT2D eigenvalue weighted by molar-refractivity contribution is 7.87. The molecule has 35 heavy (non-hydrogen) atoms. The molecule has 0 aromatic heterocycles. The third-order valence-corrected chi connectivity index (χ3v) is 4.75. The van der Waals surface area contributed by atoms with Crippen LogP contribution in [0.3, 0.4) is 0 Å². The largest absolute Gasteiger partial charge is 0.455 e. The first-order valence-electron chi connectivity index (χ1n) is 7.81. The summed E-state index contributed by atoms with van der Waals surface area (Å²) in [5, 5.41) is -7.76. The fraction of sp³-hybridized carbons (Fsp3) is 1.00. The molecule has 0 aliphatic rings. The molecule has 0 fully saturated rings. The van der Waals surface area contributed by atoms with Crippen LogP contribution in [0.15, 0.2) is 0 Å². The second-order valence-corrected chi connectivity index (χ2v) is 7.91. The number of alkyl halides is 17. The molecule has 0 heterocycles. The van der Waals surface area contributed by atoms with Gasteiger partial charge in [-0.25, -0.2) is 4.39 Å². The van der Waals surface area contributed by atoms with Gasteiger partial charge in [-0.3, -0.25) is 14.0 Å². The molecule has 0 saturated carbocycles. The second-order valence-electron chi connectivity index (χ2n) is 6.45. The lowest BCUT2D eigenvalue weighted by atomic mass is 10.0. The summed E-state index contributed by atoms with van der Waals surface area (Å²) < 4.78 is 258. The van der Waals surface area contributed by atoms with Crippen molar-refractivity contribution in [3.63, 3.8) is 0 Å². The first kappa shape index (κ1) is 33.6. The van der Waals surface area contributed by atoms with Crippen molar-refractivity contribution in [2.45, 2.75) is 73.4 Å². The molecule has 0 saturated heterocycles. The van der Waals surface area contributed by atoms with E-state index < -0.39 is 76.6 Å². The monoisotopic (exact) mass is 588 g/mol. The lowest BCUT2D eigenvalue weighted by Gasteiger charge is -2.41. The van der Waals surface area contributed by atoms with Crippen LogP contribution in [0.25, 0.3) is 0 Å². The van der Waals surface area contributed by atoms with E-state index in [1.165, 1.54) is 4.74 Å². The molecule has 0 aliphatic heterocycles. The van der Waals surface area contributed by atoms with Gasteiger partial charge in [0.15, 0.2) is 0 Å². The van der Waals surface area contributed by atoms with Crippen LogP contribution in [0.2, 0.25) is 0 Å². The average Bonchev–Trinajstić information content (AvgIpc) is 2.57. The Morgan fingerprint density at radius 3 is 1.29 bits per heavy atom. The van der Waals surface area contributed by atoms with Crippen molar-refractivity contribution in [1.29, 1.82) is 0 Å². The number of ether oxygens (including phenoxy) is 2. The van der Waals surface area contributed by atoms with Gasteiger partial charge in [-0.15, -0.1) is 0 Å². The molecule has 5 nitrogen and oxygen atoms in total. The Morgan fingerprint density at radius 2 is 1.00 bits per heavy atom. The maximum absolute atomic E-state index is 13.9. The molecular formula is C12H9F17O5S. The predicted molar refractivity (Wildman–Crippen MR) is 73.1 cm³/mol. The van der Waals surface area contributed by atoms with Crippen LogP contribution < -0.4 is 0 Å². The summed E-state index contributed by atoms with van der Waals surface area (Å²) >= 11 is 0. The summed E-state index contributed by atoms with van der Waals surface area (Å²) in [6.07, 6.45) is -25.6. The molecule has 0 rings (SSSR count).